The van der Waals surface area contributed by atoms with E-state index in [0.717, 1.165) is 30.5 Å². The minimum absolute atomic E-state index is 0.118. The molecular formula is C16H19N3O2. The van der Waals surface area contributed by atoms with E-state index < -0.39 is 0 Å². The zero-order chi connectivity index (χ0) is 14.7. The van der Waals surface area contributed by atoms with E-state index in [1.54, 1.807) is 6.07 Å². The van der Waals surface area contributed by atoms with E-state index in [1.165, 1.54) is 0 Å². The Bertz CT molecular complexity index is 617. The highest BCUT2D eigenvalue weighted by Crippen LogP contribution is 2.47. The first-order valence-electron chi connectivity index (χ1n) is 7.22. The van der Waals surface area contributed by atoms with Crippen LogP contribution in [-0.4, -0.2) is 34.4 Å². The predicted molar refractivity (Wildman–Crippen MR) is 79.7 cm³/mol. The molecule has 0 unspecified atom stereocenters. The van der Waals surface area contributed by atoms with Crippen molar-refractivity contribution in [1.29, 1.82) is 0 Å². The molecule has 1 aliphatic carbocycles. The highest BCUT2D eigenvalue weighted by molar-refractivity contribution is 5.93. The molecule has 110 valence electrons. The van der Waals surface area contributed by atoms with E-state index in [2.05, 4.69) is 15.5 Å². The molecule has 0 saturated heterocycles. The van der Waals surface area contributed by atoms with Gasteiger partial charge in [0.25, 0.3) is 5.91 Å². The number of amides is 1. The van der Waals surface area contributed by atoms with Gasteiger partial charge in [-0.2, -0.15) is 5.10 Å². The Hall–Kier alpha value is -2.14. The van der Waals surface area contributed by atoms with Crippen LogP contribution in [0.4, 0.5) is 0 Å². The number of hydrogen-bond acceptors (Lipinski definition) is 3. The summed E-state index contributed by atoms with van der Waals surface area (Å²) < 4.78 is 0. The van der Waals surface area contributed by atoms with Crippen molar-refractivity contribution in [3.8, 4) is 11.3 Å². The Labute approximate surface area is 123 Å². The van der Waals surface area contributed by atoms with E-state index in [4.69, 9.17) is 5.11 Å². The molecule has 0 radical (unpaired) electrons. The molecule has 1 fully saturated rings. The fourth-order valence-corrected chi connectivity index (χ4v) is 2.49. The molecule has 5 nitrogen and oxygen atoms in total. The van der Waals surface area contributed by atoms with Gasteiger partial charge in [-0.1, -0.05) is 30.3 Å². The smallest absolute Gasteiger partial charge is 0.269 e. The lowest BCUT2D eigenvalue weighted by Crippen LogP contribution is -2.30. The van der Waals surface area contributed by atoms with Gasteiger partial charge in [0.05, 0.1) is 5.69 Å². The van der Waals surface area contributed by atoms with E-state index in [-0.39, 0.29) is 17.9 Å². The van der Waals surface area contributed by atoms with Crippen molar-refractivity contribution in [2.45, 2.75) is 19.3 Å². The molecule has 1 aromatic carbocycles. The molecule has 3 rings (SSSR count). The Kier molecular flexibility index (Phi) is 3.75. The third-order valence-electron chi connectivity index (χ3n) is 4.12. The normalized spacial score (nSPS) is 15.7. The van der Waals surface area contributed by atoms with Crippen LogP contribution in [0.1, 0.15) is 29.8 Å². The van der Waals surface area contributed by atoms with Gasteiger partial charge in [-0.05, 0) is 30.7 Å². The molecule has 3 N–H and O–H groups in total. The summed E-state index contributed by atoms with van der Waals surface area (Å²) in [6, 6.07) is 11.5. The van der Waals surface area contributed by atoms with Crippen LogP contribution in [0.25, 0.3) is 11.3 Å². The van der Waals surface area contributed by atoms with Crippen molar-refractivity contribution >= 4 is 5.91 Å². The standard InChI is InChI=1S/C16H19N3O2/c20-9-8-16(6-7-16)11-17-15(21)14-10-13(18-19-14)12-4-2-1-3-5-12/h1-5,10,20H,6-9,11H2,(H,17,21)(H,18,19). The summed E-state index contributed by atoms with van der Waals surface area (Å²) in [5, 5.41) is 18.9. The van der Waals surface area contributed by atoms with Gasteiger partial charge in [-0.3, -0.25) is 9.89 Å². The molecule has 0 spiro atoms. The number of carbonyl (C=O) groups excluding carboxylic acids is 1. The highest BCUT2D eigenvalue weighted by Gasteiger charge is 2.41. The maximum Gasteiger partial charge on any atom is 0.269 e. The van der Waals surface area contributed by atoms with Gasteiger partial charge in [-0.15, -0.1) is 0 Å². The van der Waals surface area contributed by atoms with Gasteiger partial charge < -0.3 is 10.4 Å². The molecule has 0 aliphatic heterocycles. The monoisotopic (exact) mass is 285 g/mol. The number of rotatable bonds is 6. The number of aromatic amines is 1. The largest absolute Gasteiger partial charge is 0.396 e. The minimum Gasteiger partial charge on any atom is -0.396 e. The first-order chi connectivity index (χ1) is 10.2. The van der Waals surface area contributed by atoms with E-state index in [9.17, 15) is 4.79 Å². The Morgan fingerprint density at radius 3 is 2.76 bits per heavy atom. The van der Waals surface area contributed by atoms with E-state index >= 15 is 0 Å². The SMILES string of the molecule is O=C(NCC1(CCO)CC1)c1cc(-c2ccccc2)n[nH]1. The van der Waals surface area contributed by atoms with Crippen LogP contribution < -0.4 is 5.32 Å². The molecule has 1 aliphatic rings. The van der Waals surface area contributed by atoms with Crippen molar-refractivity contribution in [1.82, 2.24) is 15.5 Å². The number of carbonyl (C=O) groups is 1. The maximum atomic E-state index is 12.1. The predicted octanol–water partition coefficient (Wildman–Crippen LogP) is 1.97. The molecule has 1 aromatic heterocycles. The zero-order valence-corrected chi connectivity index (χ0v) is 11.8. The van der Waals surface area contributed by atoms with Gasteiger partial charge >= 0.3 is 0 Å². The molecule has 0 atom stereocenters. The average Bonchev–Trinajstić information content (AvgIpc) is 3.10. The quantitative estimate of drug-likeness (QED) is 0.759. The van der Waals surface area contributed by atoms with Crippen molar-refractivity contribution in [3.63, 3.8) is 0 Å². The van der Waals surface area contributed by atoms with Crippen LogP contribution >= 0.6 is 0 Å². The maximum absolute atomic E-state index is 12.1. The third kappa shape index (κ3) is 3.13. The van der Waals surface area contributed by atoms with Crippen molar-refractivity contribution < 1.29 is 9.90 Å². The van der Waals surface area contributed by atoms with Crippen LogP contribution in [0.5, 0.6) is 0 Å². The van der Waals surface area contributed by atoms with Crippen LogP contribution in [0.3, 0.4) is 0 Å². The number of aromatic nitrogens is 2. The van der Waals surface area contributed by atoms with Crippen LogP contribution in [-0.2, 0) is 0 Å². The minimum atomic E-state index is -0.145. The summed E-state index contributed by atoms with van der Waals surface area (Å²) in [6.45, 7) is 0.796. The lowest BCUT2D eigenvalue weighted by molar-refractivity contribution is 0.0936. The first-order valence-corrected chi connectivity index (χ1v) is 7.22. The van der Waals surface area contributed by atoms with E-state index in [1.807, 2.05) is 30.3 Å². The Balaban J connectivity index is 1.62. The summed E-state index contributed by atoms with van der Waals surface area (Å²) in [6.07, 6.45) is 2.91. The van der Waals surface area contributed by atoms with Gasteiger partial charge in [0.1, 0.15) is 5.69 Å². The number of hydrogen-bond donors (Lipinski definition) is 3. The number of H-pyrrole nitrogens is 1. The van der Waals surface area contributed by atoms with Crippen LogP contribution in [0.15, 0.2) is 36.4 Å². The van der Waals surface area contributed by atoms with Crippen LogP contribution in [0, 0.1) is 5.41 Å². The van der Waals surface area contributed by atoms with E-state index in [0.29, 0.717) is 12.2 Å². The second-order valence-electron chi connectivity index (χ2n) is 5.69. The van der Waals surface area contributed by atoms with Crippen molar-refractivity contribution in [2.75, 3.05) is 13.2 Å². The highest BCUT2D eigenvalue weighted by atomic mass is 16.3. The fourth-order valence-electron chi connectivity index (χ4n) is 2.49. The third-order valence-corrected chi connectivity index (χ3v) is 4.12. The summed E-state index contributed by atoms with van der Waals surface area (Å²) >= 11 is 0. The average molecular weight is 285 g/mol. The number of benzene rings is 1. The second kappa shape index (κ2) is 5.69. The fraction of sp³-hybridized carbons (Fsp3) is 0.375. The molecule has 0 bridgehead atoms. The van der Waals surface area contributed by atoms with Crippen molar-refractivity contribution in [3.05, 3.63) is 42.1 Å². The summed E-state index contributed by atoms with van der Waals surface area (Å²) in [7, 11) is 0. The summed E-state index contributed by atoms with van der Waals surface area (Å²) in [5.74, 6) is -0.145. The summed E-state index contributed by atoms with van der Waals surface area (Å²) in [5.41, 5.74) is 2.32. The zero-order valence-electron chi connectivity index (χ0n) is 11.8. The number of nitrogens with one attached hydrogen (secondary N) is 2. The lowest BCUT2D eigenvalue weighted by Gasteiger charge is -2.13. The summed E-state index contributed by atoms with van der Waals surface area (Å²) in [4.78, 5) is 12.1. The molecule has 1 heterocycles. The number of aliphatic hydroxyl groups is 1. The lowest BCUT2D eigenvalue weighted by atomic mass is 10.0. The van der Waals surface area contributed by atoms with Crippen molar-refractivity contribution in [2.24, 2.45) is 5.41 Å². The van der Waals surface area contributed by atoms with Gasteiger partial charge in [-0.25, -0.2) is 0 Å². The van der Waals surface area contributed by atoms with Crippen LogP contribution in [0.2, 0.25) is 0 Å². The van der Waals surface area contributed by atoms with Gasteiger partial charge in [0, 0.05) is 18.7 Å². The topological polar surface area (TPSA) is 78.0 Å². The molecule has 1 amide bonds. The molecule has 21 heavy (non-hydrogen) atoms. The Morgan fingerprint density at radius 1 is 1.33 bits per heavy atom. The molecule has 1 saturated carbocycles. The number of nitrogens with zero attached hydrogens (tertiary/aromatic N) is 1. The Morgan fingerprint density at radius 2 is 2.10 bits per heavy atom. The first kappa shape index (κ1) is 13.8. The number of aliphatic hydroxyl groups excluding tert-OH is 1. The van der Waals surface area contributed by atoms with Gasteiger partial charge in [0.15, 0.2) is 0 Å². The molecule has 2 aromatic rings. The molecular weight excluding hydrogens is 266 g/mol. The van der Waals surface area contributed by atoms with Gasteiger partial charge in [0.2, 0.25) is 0 Å². The molecule has 5 heteroatoms. The second-order valence-corrected chi connectivity index (χ2v) is 5.69.